The van der Waals surface area contributed by atoms with Gasteiger partial charge >= 0.3 is 0 Å². The molecule has 4 nitrogen and oxygen atoms in total. The van der Waals surface area contributed by atoms with Crippen molar-refractivity contribution in [2.24, 2.45) is 5.92 Å². The van der Waals surface area contributed by atoms with Crippen molar-refractivity contribution < 1.29 is 4.79 Å². The summed E-state index contributed by atoms with van der Waals surface area (Å²) in [7, 11) is 0. The monoisotopic (exact) mass is 361 g/mol. The molecule has 0 bridgehead atoms. The average Bonchev–Trinajstić information content (AvgIpc) is 3.06. The minimum atomic E-state index is 0.425. The van der Waals surface area contributed by atoms with Crippen molar-refractivity contribution in [3.63, 3.8) is 0 Å². The highest BCUT2D eigenvalue weighted by molar-refractivity contribution is 5.77. The van der Waals surface area contributed by atoms with Crippen molar-refractivity contribution in [1.82, 2.24) is 14.7 Å². The quantitative estimate of drug-likeness (QED) is 0.464. The third-order valence-corrected chi connectivity index (χ3v) is 5.74. The van der Waals surface area contributed by atoms with Crippen LogP contribution in [0.2, 0.25) is 0 Å². The smallest absolute Gasteiger partial charge is 0.132 e. The van der Waals surface area contributed by atoms with Crippen molar-refractivity contribution in [2.45, 2.75) is 91.0 Å². The first-order chi connectivity index (χ1) is 12.7. The molecular weight excluding hydrogens is 322 g/mol. The van der Waals surface area contributed by atoms with E-state index < -0.39 is 0 Å². The first kappa shape index (κ1) is 21.1. The van der Waals surface area contributed by atoms with Gasteiger partial charge < -0.3 is 4.90 Å². The van der Waals surface area contributed by atoms with Crippen LogP contribution in [0.25, 0.3) is 0 Å². The van der Waals surface area contributed by atoms with E-state index in [-0.39, 0.29) is 0 Å². The molecular formula is C22H39N3O. The molecule has 0 saturated carbocycles. The predicted octanol–water partition coefficient (Wildman–Crippen LogP) is 5.00. The largest absolute Gasteiger partial charge is 0.303 e. The van der Waals surface area contributed by atoms with E-state index in [1.165, 1.54) is 76.6 Å². The molecule has 0 spiro atoms. The van der Waals surface area contributed by atoms with Gasteiger partial charge in [0.25, 0.3) is 0 Å². The fraction of sp³-hybridized carbons (Fsp3) is 0.818. The lowest BCUT2D eigenvalue weighted by Gasteiger charge is -2.31. The maximum Gasteiger partial charge on any atom is 0.132 e. The minimum absolute atomic E-state index is 0.425. The van der Waals surface area contributed by atoms with Crippen LogP contribution in [0.15, 0.2) is 12.4 Å². The molecule has 0 N–H and O–H groups in total. The third-order valence-electron chi connectivity index (χ3n) is 5.74. The number of aromatic nitrogens is 2. The van der Waals surface area contributed by atoms with Gasteiger partial charge in [-0.25, -0.2) is 0 Å². The lowest BCUT2D eigenvalue weighted by Crippen LogP contribution is -2.35. The Hall–Kier alpha value is -1.16. The Bertz CT molecular complexity index is 503. The standard InChI is InChI=1S/C22H39N3O/c1-3-22(26)11-9-7-5-4-6-8-10-14-24-15-12-21(13-16-24)19-25-18-20(2)17-23-25/h17-18,21H,3-16,19H2,1-2H3. The molecule has 2 heterocycles. The molecule has 26 heavy (non-hydrogen) atoms. The predicted molar refractivity (Wildman–Crippen MR) is 108 cm³/mol. The van der Waals surface area contributed by atoms with Crippen molar-refractivity contribution in [3.05, 3.63) is 18.0 Å². The second kappa shape index (κ2) is 12.3. The van der Waals surface area contributed by atoms with Crippen molar-refractivity contribution in [1.29, 1.82) is 0 Å². The molecule has 1 saturated heterocycles. The Labute approximate surface area is 160 Å². The highest BCUT2D eigenvalue weighted by atomic mass is 16.1. The van der Waals surface area contributed by atoms with Gasteiger partial charge in [0.1, 0.15) is 5.78 Å². The summed E-state index contributed by atoms with van der Waals surface area (Å²) in [5.41, 5.74) is 1.26. The van der Waals surface area contributed by atoms with Crippen molar-refractivity contribution >= 4 is 5.78 Å². The van der Waals surface area contributed by atoms with E-state index in [1.807, 2.05) is 13.1 Å². The van der Waals surface area contributed by atoms with Crippen LogP contribution in [0, 0.1) is 12.8 Å². The van der Waals surface area contributed by atoms with Gasteiger partial charge in [-0.05, 0) is 63.7 Å². The molecule has 1 aliphatic rings. The number of nitrogens with zero attached hydrogens (tertiary/aromatic N) is 3. The van der Waals surface area contributed by atoms with Gasteiger partial charge in [-0.15, -0.1) is 0 Å². The number of carbonyl (C=O) groups is 1. The normalized spacial score (nSPS) is 16.2. The number of ketones is 1. The van der Waals surface area contributed by atoms with Gasteiger partial charge in [0, 0.05) is 25.6 Å². The van der Waals surface area contributed by atoms with Gasteiger partial charge in [0.15, 0.2) is 0 Å². The molecule has 1 aliphatic heterocycles. The molecule has 0 atom stereocenters. The van der Waals surface area contributed by atoms with E-state index in [0.717, 1.165) is 25.3 Å². The lowest BCUT2D eigenvalue weighted by atomic mass is 9.96. The van der Waals surface area contributed by atoms with Crippen LogP contribution in [-0.2, 0) is 11.3 Å². The zero-order valence-electron chi connectivity index (χ0n) is 17.1. The van der Waals surface area contributed by atoms with Gasteiger partial charge in [-0.3, -0.25) is 9.48 Å². The Morgan fingerprint density at radius 2 is 1.73 bits per heavy atom. The Morgan fingerprint density at radius 1 is 1.08 bits per heavy atom. The van der Waals surface area contributed by atoms with E-state index in [0.29, 0.717) is 12.2 Å². The molecule has 1 aromatic heterocycles. The summed E-state index contributed by atoms with van der Waals surface area (Å²) in [6.45, 7) is 8.96. The number of unbranched alkanes of at least 4 members (excludes halogenated alkanes) is 6. The third kappa shape index (κ3) is 8.48. The summed E-state index contributed by atoms with van der Waals surface area (Å²) in [6, 6.07) is 0. The molecule has 0 unspecified atom stereocenters. The zero-order valence-corrected chi connectivity index (χ0v) is 17.1. The SMILES string of the molecule is CCC(=O)CCCCCCCCCN1CCC(Cn2cc(C)cn2)CC1. The fourth-order valence-corrected chi connectivity index (χ4v) is 3.94. The van der Waals surface area contributed by atoms with Gasteiger partial charge in [0.05, 0.1) is 6.20 Å². The van der Waals surface area contributed by atoms with E-state index in [4.69, 9.17) is 0 Å². The summed E-state index contributed by atoms with van der Waals surface area (Å²) in [5.74, 6) is 1.22. The summed E-state index contributed by atoms with van der Waals surface area (Å²) < 4.78 is 2.12. The molecule has 0 radical (unpaired) electrons. The molecule has 4 heteroatoms. The van der Waals surface area contributed by atoms with Crippen molar-refractivity contribution in [2.75, 3.05) is 19.6 Å². The summed E-state index contributed by atoms with van der Waals surface area (Å²) in [5, 5.41) is 4.42. The van der Waals surface area contributed by atoms with E-state index >= 15 is 0 Å². The van der Waals surface area contributed by atoms with Crippen LogP contribution in [0.1, 0.15) is 83.1 Å². The second-order valence-electron chi connectivity index (χ2n) is 8.14. The Kier molecular flexibility index (Phi) is 9.98. The number of piperidine rings is 1. The van der Waals surface area contributed by atoms with Gasteiger partial charge in [0.2, 0.25) is 0 Å². The first-order valence-electron chi connectivity index (χ1n) is 10.9. The number of Topliss-reactive ketones (excluding diaryl/α,β-unsaturated/α-hetero) is 1. The van der Waals surface area contributed by atoms with Crippen LogP contribution >= 0.6 is 0 Å². The summed E-state index contributed by atoms with van der Waals surface area (Å²) in [6.07, 6.45) is 17.3. The highest BCUT2D eigenvalue weighted by Crippen LogP contribution is 2.19. The number of hydrogen-bond acceptors (Lipinski definition) is 3. The Balaban J connectivity index is 1.41. The molecule has 0 amide bonds. The molecule has 0 aliphatic carbocycles. The zero-order chi connectivity index (χ0) is 18.6. The number of likely N-dealkylation sites (tertiary alicyclic amines) is 1. The number of rotatable bonds is 13. The highest BCUT2D eigenvalue weighted by Gasteiger charge is 2.19. The van der Waals surface area contributed by atoms with Crippen LogP contribution in [0.3, 0.4) is 0 Å². The van der Waals surface area contributed by atoms with Gasteiger partial charge in [-0.2, -0.15) is 5.10 Å². The van der Waals surface area contributed by atoms with Crippen LogP contribution in [0.5, 0.6) is 0 Å². The number of aryl methyl sites for hydroxylation is 1. The number of hydrogen-bond donors (Lipinski definition) is 0. The summed E-state index contributed by atoms with van der Waals surface area (Å²) >= 11 is 0. The van der Waals surface area contributed by atoms with Gasteiger partial charge in [-0.1, -0.05) is 39.0 Å². The second-order valence-corrected chi connectivity index (χ2v) is 8.14. The fourth-order valence-electron chi connectivity index (χ4n) is 3.94. The number of carbonyl (C=O) groups excluding carboxylic acids is 1. The van der Waals surface area contributed by atoms with E-state index in [2.05, 4.69) is 27.8 Å². The molecule has 0 aromatic carbocycles. The molecule has 2 rings (SSSR count). The maximum atomic E-state index is 11.2. The Morgan fingerprint density at radius 3 is 2.35 bits per heavy atom. The maximum absolute atomic E-state index is 11.2. The van der Waals surface area contributed by atoms with E-state index in [9.17, 15) is 4.79 Å². The minimum Gasteiger partial charge on any atom is -0.303 e. The average molecular weight is 362 g/mol. The van der Waals surface area contributed by atoms with Crippen LogP contribution in [-0.4, -0.2) is 40.1 Å². The molecule has 148 valence electrons. The van der Waals surface area contributed by atoms with Crippen LogP contribution in [0.4, 0.5) is 0 Å². The van der Waals surface area contributed by atoms with E-state index in [1.54, 1.807) is 0 Å². The molecule has 1 aromatic rings. The lowest BCUT2D eigenvalue weighted by molar-refractivity contribution is -0.118. The van der Waals surface area contributed by atoms with Crippen LogP contribution < -0.4 is 0 Å². The summed E-state index contributed by atoms with van der Waals surface area (Å²) in [4.78, 5) is 13.9. The first-order valence-corrected chi connectivity index (χ1v) is 10.9. The molecule has 1 fully saturated rings. The van der Waals surface area contributed by atoms with Crippen molar-refractivity contribution in [3.8, 4) is 0 Å². The topological polar surface area (TPSA) is 38.1 Å².